The third kappa shape index (κ3) is 3.99. The van der Waals surface area contributed by atoms with Crippen LogP contribution in [0.5, 0.6) is 0 Å². The van der Waals surface area contributed by atoms with E-state index >= 15 is 0 Å². The number of nitrogens with one attached hydrogen (secondary N) is 1. The summed E-state index contributed by atoms with van der Waals surface area (Å²) in [6.45, 7) is 4.03. The molecular weight excluding hydrogens is 410 g/mol. The Kier molecular flexibility index (Phi) is 5.64. The Labute approximate surface area is 176 Å². The number of amides is 1. The Bertz CT molecular complexity index is 1070. The standard InChI is InChI=1S/C18H23N7O4S/c1-8-12(30-9(2)23-8)3-13(26)24-10-5-29-11(16(28)15(10)27)4-25-7-22-14-17(19)20-6-21-18(14)25/h6-7,10-11,15-16,27-28H,3-5H2,1-2H3,(H,24,26)(H2,19,20,21)/t10-,11-,15+,16-/m1/s1. The molecule has 11 nitrogen and oxygen atoms in total. The number of aryl methyl sites for hydroxylation is 2. The van der Waals surface area contributed by atoms with Crippen LogP contribution in [0, 0.1) is 13.8 Å². The molecule has 4 heterocycles. The van der Waals surface area contributed by atoms with E-state index in [4.69, 9.17) is 10.5 Å². The number of imidazole rings is 1. The Morgan fingerprint density at radius 1 is 1.33 bits per heavy atom. The summed E-state index contributed by atoms with van der Waals surface area (Å²) in [5.74, 6) is 0.00544. The number of fused-ring (bicyclic) bond motifs is 1. The van der Waals surface area contributed by atoms with Gasteiger partial charge in [0.15, 0.2) is 11.5 Å². The fraction of sp³-hybridized carbons (Fsp3) is 0.500. The van der Waals surface area contributed by atoms with E-state index in [-0.39, 0.29) is 31.3 Å². The number of nitrogen functional groups attached to an aromatic ring is 1. The molecule has 4 atom stereocenters. The molecule has 1 saturated heterocycles. The number of rotatable bonds is 5. The van der Waals surface area contributed by atoms with E-state index in [1.165, 1.54) is 24.0 Å². The molecule has 5 N–H and O–H groups in total. The van der Waals surface area contributed by atoms with Gasteiger partial charge < -0.3 is 30.6 Å². The predicted octanol–water partition coefficient (Wildman–Crippen LogP) is -0.670. The lowest BCUT2D eigenvalue weighted by atomic mass is 9.97. The summed E-state index contributed by atoms with van der Waals surface area (Å²) < 4.78 is 7.43. The SMILES string of the molecule is Cc1nc(C)c(CC(=O)N[C@@H]2CO[C@H](Cn3cnc4c(N)ncnc43)[C@@H](O)[C@H]2O)s1. The number of anilines is 1. The zero-order valence-electron chi connectivity index (χ0n) is 16.5. The van der Waals surface area contributed by atoms with Gasteiger partial charge >= 0.3 is 0 Å². The van der Waals surface area contributed by atoms with Gasteiger partial charge in [-0.05, 0) is 13.8 Å². The zero-order valence-corrected chi connectivity index (χ0v) is 17.3. The highest BCUT2D eigenvalue weighted by atomic mass is 32.1. The van der Waals surface area contributed by atoms with Gasteiger partial charge in [0, 0.05) is 4.88 Å². The molecule has 3 aromatic rings. The smallest absolute Gasteiger partial charge is 0.225 e. The molecule has 0 unspecified atom stereocenters. The molecule has 12 heteroatoms. The lowest BCUT2D eigenvalue weighted by molar-refractivity contribution is -0.158. The van der Waals surface area contributed by atoms with Gasteiger partial charge in [-0.25, -0.2) is 19.9 Å². The second-order valence-electron chi connectivity index (χ2n) is 7.27. The molecule has 0 aliphatic carbocycles. The third-order valence-electron chi connectivity index (χ3n) is 5.11. The van der Waals surface area contributed by atoms with Crippen LogP contribution < -0.4 is 11.1 Å². The average Bonchev–Trinajstić information content (AvgIpc) is 3.25. The van der Waals surface area contributed by atoms with Crippen LogP contribution in [0.4, 0.5) is 5.82 Å². The van der Waals surface area contributed by atoms with Crippen molar-refractivity contribution in [3.63, 3.8) is 0 Å². The molecule has 30 heavy (non-hydrogen) atoms. The number of aromatic nitrogens is 5. The molecule has 3 aromatic heterocycles. The first-order valence-corrected chi connectivity index (χ1v) is 10.3. The highest BCUT2D eigenvalue weighted by molar-refractivity contribution is 7.11. The first kappa shape index (κ1) is 20.6. The van der Waals surface area contributed by atoms with Crippen LogP contribution in [-0.4, -0.2) is 71.6 Å². The number of hydrogen-bond acceptors (Lipinski definition) is 10. The quantitative estimate of drug-likeness (QED) is 0.409. The minimum atomic E-state index is -1.20. The molecule has 0 spiro atoms. The van der Waals surface area contributed by atoms with Gasteiger partial charge in [-0.2, -0.15) is 0 Å². The van der Waals surface area contributed by atoms with Crippen LogP contribution in [0.25, 0.3) is 11.2 Å². The van der Waals surface area contributed by atoms with Crippen LogP contribution in [0.2, 0.25) is 0 Å². The van der Waals surface area contributed by atoms with E-state index in [1.54, 1.807) is 4.57 Å². The Morgan fingerprint density at radius 3 is 2.87 bits per heavy atom. The van der Waals surface area contributed by atoms with Gasteiger partial charge in [-0.15, -0.1) is 11.3 Å². The third-order valence-corrected chi connectivity index (χ3v) is 6.18. The number of nitrogens with zero attached hydrogens (tertiary/aromatic N) is 5. The number of ether oxygens (including phenoxy) is 1. The first-order chi connectivity index (χ1) is 14.3. The molecule has 0 radical (unpaired) electrons. The fourth-order valence-electron chi connectivity index (χ4n) is 3.54. The normalized spacial score (nSPS) is 24.3. The van der Waals surface area contributed by atoms with Gasteiger partial charge in [0.05, 0.1) is 42.6 Å². The summed E-state index contributed by atoms with van der Waals surface area (Å²) in [6, 6.07) is -0.712. The van der Waals surface area contributed by atoms with Crippen molar-refractivity contribution < 1.29 is 19.7 Å². The van der Waals surface area contributed by atoms with Crippen LogP contribution in [0.3, 0.4) is 0 Å². The summed E-state index contributed by atoms with van der Waals surface area (Å²) in [5, 5.41) is 24.7. The summed E-state index contributed by atoms with van der Waals surface area (Å²) in [5.41, 5.74) is 7.59. The van der Waals surface area contributed by atoms with Gasteiger partial charge in [-0.1, -0.05) is 0 Å². The predicted molar refractivity (Wildman–Crippen MR) is 109 cm³/mol. The van der Waals surface area contributed by atoms with E-state index in [0.29, 0.717) is 11.2 Å². The molecule has 0 bridgehead atoms. The van der Waals surface area contributed by atoms with Gasteiger partial charge in [0.25, 0.3) is 0 Å². The number of carbonyl (C=O) groups is 1. The molecule has 0 aromatic carbocycles. The van der Waals surface area contributed by atoms with E-state index in [9.17, 15) is 15.0 Å². The van der Waals surface area contributed by atoms with Crippen molar-refractivity contribution in [3.8, 4) is 0 Å². The van der Waals surface area contributed by atoms with Crippen LogP contribution in [-0.2, 0) is 22.5 Å². The van der Waals surface area contributed by atoms with Crippen LogP contribution >= 0.6 is 11.3 Å². The maximum Gasteiger partial charge on any atom is 0.225 e. The monoisotopic (exact) mass is 433 g/mol. The maximum absolute atomic E-state index is 12.4. The molecule has 1 fully saturated rings. The highest BCUT2D eigenvalue weighted by Gasteiger charge is 2.39. The number of thiazole rings is 1. The molecule has 160 valence electrons. The van der Waals surface area contributed by atoms with Crippen molar-refractivity contribution in [2.75, 3.05) is 12.3 Å². The van der Waals surface area contributed by atoms with Crippen molar-refractivity contribution in [1.29, 1.82) is 0 Å². The largest absolute Gasteiger partial charge is 0.388 e. The topological polar surface area (TPSA) is 161 Å². The Morgan fingerprint density at radius 2 is 2.13 bits per heavy atom. The number of carbonyl (C=O) groups excluding carboxylic acids is 1. The van der Waals surface area contributed by atoms with E-state index in [1.807, 2.05) is 13.8 Å². The highest BCUT2D eigenvalue weighted by Crippen LogP contribution is 2.21. The number of nitrogens with two attached hydrogens (primary N) is 1. The van der Waals surface area contributed by atoms with E-state index in [2.05, 4.69) is 25.3 Å². The minimum absolute atomic E-state index is 0.0685. The minimum Gasteiger partial charge on any atom is -0.388 e. The molecule has 4 rings (SSSR count). The summed E-state index contributed by atoms with van der Waals surface area (Å²) in [7, 11) is 0. The molecule has 1 aliphatic heterocycles. The molecule has 1 amide bonds. The molecule has 0 saturated carbocycles. The number of hydrogen-bond donors (Lipinski definition) is 4. The van der Waals surface area contributed by atoms with Crippen molar-refractivity contribution in [3.05, 3.63) is 28.2 Å². The van der Waals surface area contributed by atoms with Gasteiger partial charge in [0.1, 0.15) is 30.2 Å². The van der Waals surface area contributed by atoms with Crippen molar-refractivity contribution in [2.45, 2.75) is 51.2 Å². The summed E-state index contributed by atoms with van der Waals surface area (Å²) in [4.78, 5) is 29.8. The Hall–Kier alpha value is -2.67. The lowest BCUT2D eigenvalue weighted by Crippen LogP contribution is -2.60. The van der Waals surface area contributed by atoms with Crippen molar-refractivity contribution in [2.24, 2.45) is 0 Å². The van der Waals surface area contributed by atoms with E-state index in [0.717, 1.165) is 15.6 Å². The lowest BCUT2D eigenvalue weighted by Gasteiger charge is -2.38. The maximum atomic E-state index is 12.4. The van der Waals surface area contributed by atoms with Gasteiger partial charge in [0.2, 0.25) is 5.91 Å². The molecule has 1 aliphatic rings. The number of aliphatic hydroxyl groups is 2. The van der Waals surface area contributed by atoms with Crippen molar-refractivity contribution >= 4 is 34.2 Å². The van der Waals surface area contributed by atoms with Crippen molar-refractivity contribution in [1.82, 2.24) is 29.8 Å². The van der Waals surface area contributed by atoms with E-state index < -0.39 is 24.4 Å². The summed E-state index contributed by atoms with van der Waals surface area (Å²) >= 11 is 1.47. The Balaban J connectivity index is 1.38. The van der Waals surface area contributed by atoms with Crippen LogP contribution in [0.1, 0.15) is 15.6 Å². The molecular formula is C18H23N7O4S. The van der Waals surface area contributed by atoms with Crippen LogP contribution in [0.15, 0.2) is 12.7 Å². The average molecular weight is 433 g/mol. The zero-order chi connectivity index (χ0) is 21.4. The fourth-order valence-corrected chi connectivity index (χ4v) is 4.47. The first-order valence-electron chi connectivity index (χ1n) is 9.44. The second-order valence-corrected chi connectivity index (χ2v) is 8.56. The van der Waals surface area contributed by atoms with Gasteiger partial charge in [-0.3, -0.25) is 4.79 Å². The summed E-state index contributed by atoms with van der Waals surface area (Å²) in [6.07, 6.45) is -0.0401. The number of aliphatic hydroxyl groups excluding tert-OH is 2. The second kappa shape index (κ2) is 8.22.